The average molecular weight is 569 g/mol. The van der Waals surface area contributed by atoms with Crippen molar-refractivity contribution in [2.75, 3.05) is 18.5 Å². The van der Waals surface area contributed by atoms with Crippen molar-refractivity contribution in [2.45, 2.75) is 33.6 Å². The second kappa shape index (κ2) is 13.2. The van der Waals surface area contributed by atoms with Gasteiger partial charge in [0.25, 0.3) is 5.91 Å². The highest BCUT2D eigenvalue weighted by atomic mass is 79.9. The van der Waals surface area contributed by atoms with Crippen molar-refractivity contribution in [1.29, 1.82) is 0 Å². The van der Waals surface area contributed by atoms with Gasteiger partial charge in [-0.05, 0) is 82.0 Å². The van der Waals surface area contributed by atoms with Crippen LogP contribution in [0.15, 0.2) is 50.4 Å². The third-order valence-electron chi connectivity index (χ3n) is 4.38. The molecule has 1 unspecified atom stereocenters. The molecule has 0 aliphatic heterocycles. The number of carbonyl (C=O) groups is 2. The van der Waals surface area contributed by atoms with Crippen molar-refractivity contribution < 1.29 is 19.1 Å². The van der Waals surface area contributed by atoms with Crippen LogP contribution in [-0.2, 0) is 9.59 Å². The van der Waals surface area contributed by atoms with Gasteiger partial charge in [-0.3, -0.25) is 9.59 Å². The van der Waals surface area contributed by atoms with Crippen molar-refractivity contribution in [2.24, 2.45) is 11.0 Å². The lowest BCUT2D eigenvalue weighted by Crippen LogP contribution is -2.34. The summed E-state index contributed by atoms with van der Waals surface area (Å²) in [6.45, 7) is 6.59. The first-order valence-corrected chi connectivity index (χ1v) is 11.9. The predicted octanol–water partition coefficient (Wildman–Crippen LogP) is 5.51. The molecule has 2 N–H and O–H groups in total. The Morgan fingerprint density at radius 3 is 2.53 bits per heavy atom. The molecule has 172 valence electrons. The molecule has 0 fully saturated rings. The fourth-order valence-corrected chi connectivity index (χ4v) is 3.53. The maximum atomic E-state index is 12.4. The smallest absolute Gasteiger partial charge is 0.252 e. The molecule has 2 aromatic rings. The van der Waals surface area contributed by atoms with Gasteiger partial charge in [0.05, 0.1) is 29.6 Å². The maximum Gasteiger partial charge on any atom is 0.252 e. The van der Waals surface area contributed by atoms with Gasteiger partial charge in [-0.2, -0.15) is 5.10 Å². The van der Waals surface area contributed by atoms with Crippen LogP contribution < -0.4 is 20.2 Å². The van der Waals surface area contributed by atoms with Gasteiger partial charge in [-0.1, -0.05) is 25.5 Å². The molecule has 32 heavy (non-hydrogen) atoms. The van der Waals surface area contributed by atoms with Crippen LogP contribution in [0.3, 0.4) is 0 Å². The molecule has 7 nitrogen and oxygen atoms in total. The van der Waals surface area contributed by atoms with Crippen LogP contribution in [0.4, 0.5) is 5.69 Å². The minimum Gasteiger partial charge on any atom is -0.490 e. The average Bonchev–Trinajstić information content (AvgIpc) is 2.76. The predicted molar refractivity (Wildman–Crippen MR) is 133 cm³/mol. The summed E-state index contributed by atoms with van der Waals surface area (Å²) in [5.41, 5.74) is 3.71. The van der Waals surface area contributed by atoms with Gasteiger partial charge < -0.3 is 14.8 Å². The van der Waals surface area contributed by atoms with Crippen LogP contribution in [0.25, 0.3) is 0 Å². The van der Waals surface area contributed by atoms with Crippen molar-refractivity contribution in [3.05, 3.63) is 50.9 Å². The van der Waals surface area contributed by atoms with Crippen molar-refractivity contribution in [3.8, 4) is 11.5 Å². The van der Waals surface area contributed by atoms with E-state index in [1.807, 2.05) is 19.1 Å². The second-order valence-corrected chi connectivity index (χ2v) is 8.60. The number of nitrogens with zero attached hydrogens (tertiary/aromatic N) is 1. The first-order chi connectivity index (χ1) is 15.4. The molecule has 0 bridgehead atoms. The van der Waals surface area contributed by atoms with Crippen molar-refractivity contribution in [3.63, 3.8) is 0 Å². The van der Waals surface area contributed by atoms with Crippen LogP contribution in [0.1, 0.15) is 39.2 Å². The summed E-state index contributed by atoms with van der Waals surface area (Å²) in [6, 6.07) is 10.8. The van der Waals surface area contributed by atoms with Gasteiger partial charge in [-0.15, -0.1) is 0 Å². The van der Waals surface area contributed by atoms with Crippen molar-refractivity contribution in [1.82, 2.24) is 5.43 Å². The lowest BCUT2D eigenvalue weighted by Gasteiger charge is -2.14. The Hall–Kier alpha value is -2.39. The van der Waals surface area contributed by atoms with Gasteiger partial charge >= 0.3 is 0 Å². The van der Waals surface area contributed by atoms with E-state index < -0.39 is 17.7 Å². The lowest BCUT2D eigenvalue weighted by atomic mass is 10.1. The number of hydrogen-bond acceptors (Lipinski definition) is 5. The second-order valence-electron chi connectivity index (χ2n) is 6.89. The van der Waals surface area contributed by atoms with Crippen molar-refractivity contribution >= 4 is 55.6 Å². The fraction of sp³-hybridized carbons (Fsp3) is 0.348. The molecule has 2 aromatic carbocycles. The number of benzene rings is 2. The van der Waals surface area contributed by atoms with E-state index in [1.165, 1.54) is 13.1 Å². The zero-order valence-corrected chi connectivity index (χ0v) is 21.5. The zero-order chi connectivity index (χ0) is 23.5. The minimum atomic E-state index is -0.931. The van der Waals surface area contributed by atoms with E-state index in [0.717, 1.165) is 21.8 Å². The summed E-state index contributed by atoms with van der Waals surface area (Å²) < 4.78 is 13.0. The summed E-state index contributed by atoms with van der Waals surface area (Å²) in [5, 5.41) is 6.71. The highest BCUT2D eigenvalue weighted by Gasteiger charge is 2.21. The van der Waals surface area contributed by atoms with E-state index in [0.29, 0.717) is 36.0 Å². The van der Waals surface area contributed by atoms with Crippen LogP contribution in [0.5, 0.6) is 11.5 Å². The number of carbonyl (C=O) groups excluding carboxylic acids is 2. The number of hydrazone groups is 1. The van der Waals surface area contributed by atoms with E-state index >= 15 is 0 Å². The number of hydrogen-bond donors (Lipinski definition) is 2. The molecule has 0 saturated heterocycles. The molecule has 0 aromatic heterocycles. The normalized spacial score (nSPS) is 11.8. The molecule has 2 rings (SSSR count). The first kappa shape index (κ1) is 25.9. The fourth-order valence-electron chi connectivity index (χ4n) is 2.57. The number of anilines is 1. The summed E-state index contributed by atoms with van der Waals surface area (Å²) in [7, 11) is 0. The number of unbranched alkanes of at least 4 members (excludes halogenated alkanes) is 1. The third kappa shape index (κ3) is 7.63. The number of halogens is 2. The highest BCUT2D eigenvalue weighted by molar-refractivity contribution is 9.11. The number of para-hydroxylation sites is 1. The summed E-state index contributed by atoms with van der Waals surface area (Å²) >= 11 is 6.87. The summed E-state index contributed by atoms with van der Waals surface area (Å²) in [4.78, 5) is 24.7. The topological polar surface area (TPSA) is 89.0 Å². The van der Waals surface area contributed by atoms with Crippen LogP contribution >= 0.6 is 31.9 Å². The zero-order valence-electron chi connectivity index (χ0n) is 18.3. The Kier molecular flexibility index (Phi) is 10.7. The minimum absolute atomic E-state index is 0.431. The van der Waals surface area contributed by atoms with E-state index in [4.69, 9.17) is 9.47 Å². The Morgan fingerprint density at radius 1 is 1.09 bits per heavy atom. The molecule has 2 amide bonds. The molecule has 0 radical (unpaired) electrons. The quantitative estimate of drug-likeness (QED) is 0.162. The van der Waals surface area contributed by atoms with Crippen LogP contribution in [0.2, 0.25) is 0 Å². The van der Waals surface area contributed by atoms with Crippen LogP contribution in [0, 0.1) is 5.92 Å². The molecule has 1 atom stereocenters. The number of ether oxygens (including phenoxy) is 2. The SMILES string of the molecule is CCCCOc1c(Br)cc(C=NNC(=O)C(C)C(=O)Nc2ccccc2Br)cc1OCC. The molecule has 9 heteroatoms. The van der Waals surface area contributed by atoms with Gasteiger partial charge in [-0.25, -0.2) is 5.43 Å². The monoisotopic (exact) mass is 567 g/mol. The Balaban J connectivity index is 2.02. The van der Waals surface area contributed by atoms with Gasteiger partial charge in [0.2, 0.25) is 5.91 Å². The van der Waals surface area contributed by atoms with E-state index in [1.54, 1.807) is 24.3 Å². The lowest BCUT2D eigenvalue weighted by molar-refractivity contribution is -0.131. The highest BCUT2D eigenvalue weighted by Crippen LogP contribution is 2.36. The molecular formula is C23H27Br2N3O4. The number of amides is 2. The van der Waals surface area contributed by atoms with Crippen LogP contribution in [-0.4, -0.2) is 31.2 Å². The molecule has 0 aliphatic rings. The van der Waals surface area contributed by atoms with E-state index in [-0.39, 0.29) is 0 Å². The number of rotatable bonds is 11. The molecule has 0 aliphatic carbocycles. The third-order valence-corrected chi connectivity index (χ3v) is 5.66. The van der Waals surface area contributed by atoms with E-state index in [9.17, 15) is 9.59 Å². The van der Waals surface area contributed by atoms with E-state index in [2.05, 4.69) is 54.6 Å². The molecular weight excluding hydrogens is 542 g/mol. The Labute approximate surface area is 205 Å². The standard InChI is InChI=1S/C23H27Br2N3O4/c1-4-6-11-32-21-18(25)12-16(13-20(21)31-5-2)14-26-28-23(30)15(3)22(29)27-19-10-8-7-9-17(19)24/h7-10,12-15H,4-6,11H2,1-3H3,(H,27,29)(H,28,30). The Morgan fingerprint density at radius 2 is 1.84 bits per heavy atom. The van der Waals surface area contributed by atoms with Gasteiger partial charge in [0.1, 0.15) is 5.92 Å². The first-order valence-electron chi connectivity index (χ1n) is 10.3. The largest absolute Gasteiger partial charge is 0.490 e. The van der Waals surface area contributed by atoms with Gasteiger partial charge in [0.15, 0.2) is 11.5 Å². The maximum absolute atomic E-state index is 12.4. The number of nitrogens with one attached hydrogen (secondary N) is 2. The molecule has 0 heterocycles. The Bertz CT molecular complexity index is 966. The summed E-state index contributed by atoms with van der Waals surface area (Å²) in [6.07, 6.45) is 3.46. The molecule has 0 spiro atoms. The molecule has 0 saturated carbocycles. The summed E-state index contributed by atoms with van der Waals surface area (Å²) in [5.74, 6) is -0.654. The van der Waals surface area contributed by atoms with Gasteiger partial charge in [0, 0.05) is 4.47 Å².